The van der Waals surface area contributed by atoms with E-state index in [2.05, 4.69) is 54.5 Å². The monoisotopic (exact) mass is 269 g/mol. The van der Waals surface area contributed by atoms with Crippen LogP contribution in [0.4, 0.5) is 5.69 Å². The second-order valence-electron chi connectivity index (χ2n) is 5.67. The van der Waals surface area contributed by atoms with Crippen LogP contribution in [0.2, 0.25) is 0 Å². The molecule has 1 saturated carbocycles. The number of rotatable bonds is 6. The van der Waals surface area contributed by atoms with Gasteiger partial charge < -0.3 is 10.2 Å². The van der Waals surface area contributed by atoms with E-state index in [1.165, 1.54) is 23.9 Å². The summed E-state index contributed by atoms with van der Waals surface area (Å²) in [6, 6.07) is 11.4. The summed E-state index contributed by atoms with van der Waals surface area (Å²) in [6.45, 7) is 4.08. The van der Waals surface area contributed by atoms with Gasteiger partial charge in [0.1, 0.15) is 0 Å². The number of hydrogen-bond acceptors (Lipinski definition) is 3. The van der Waals surface area contributed by atoms with Crippen LogP contribution in [0.1, 0.15) is 31.9 Å². The molecule has 0 spiro atoms. The number of nitrogens with zero attached hydrogens (tertiary/aromatic N) is 2. The maximum Gasteiger partial charge on any atom is 0.0726 e. The van der Waals surface area contributed by atoms with Gasteiger partial charge in [-0.05, 0) is 37.9 Å². The van der Waals surface area contributed by atoms with Crippen molar-refractivity contribution < 1.29 is 0 Å². The van der Waals surface area contributed by atoms with Gasteiger partial charge >= 0.3 is 0 Å². The Hall–Kier alpha value is -1.61. The third kappa shape index (κ3) is 2.78. The van der Waals surface area contributed by atoms with E-state index in [1.54, 1.807) is 0 Å². The molecular formula is C17H23N3. The minimum Gasteiger partial charge on any atom is -0.371 e. The zero-order valence-corrected chi connectivity index (χ0v) is 12.4. The summed E-state index contributed by atoms with van der Waals surface area (Å²) in [5, 5.41) is 4.71. The fraction of sp³-hybridized carbons (Fsp3) is 0.471. The highest BCUT2D eigenvalue weighted by atomic mass is 15.2. The first-order valence-electron chi connectivity index (χ1n) is 7.62. The van der Waals surface area contributed by atoms with Crippen molar-refractivity contribution in [3.8, 4) is 0 Å². The minimum atomic E-state index is 0.720. The maximum absolute atomic E-state index is 4.78. The van der Waals surface area contributed by atoms with Crippen LogP contribution in [0.25, 0.3) is 10.9 Å². The fourth-order valence-corrected chi connectivity index (χ4v) is 2.64. The molecule has 1 fully saturated rings. The van der Waals surface area contributed by atoms with E-state index in [4.69, 9.17) is 4.98 Å². The van der Waals surface area contributed by atoms with E-state index in [1.807, 2.05) is 0 Å². The maximum atomic E-state index is 4.78. The smallest absolute Gasteiger partial charge is 0.0726 e. The SMILES string of the molecule is CCCNCc1cc(N(C)C2CC2)c2ccccc2n1. The molecule has 1 N–H and O–H groups in total. The second kappa shape index (κ2) is 5.80. The molecule has 3 nitrogen and oxygen atoms in total. The Morgan fingerprint density at radius 1 is 1.30 bits per heavy atom. The van der Waals surface area contributed by atoms with E-state index in [-0.39, 0.29) is 0 Å². The van der Waals surface area contributed by atoms with Crippen LogP contribution in [0.5, 0.6) is 0 Å². The number of anilines is 1. The number of fused-ring (bicyclic) bond motifs is 1. The van der Waals surface area contributed by atoms with Crippen molar-refractivity contribution in [3.63, 3.8) is 0 Å². The molecule has 1 aliphatic rings. The van der Waals surface area contributed by atoms with Gasteiger partial charge in [0.25, 0.3) is 0 Å². The van der Waals surface area contributed by atoms with Gasteiger partial charge in [-0.1, -0.05) is 25.1 Å². The van der Waals surface area contributed by atoms with Crippen molar-refractivity contribution in [2.75, 3.05) is 18.5 Å². The molecule has 3 rings (SSSR count). The Morgan fingerprint density at radius 2 is 2.10 bits per heavy atom. The van der Waals surface area contributed by atoms with Gasteiger partial charge in [0.05, 0.1) is 11.2 Å². The van der Waals surface area contributed by atoms with Gasteiger partial charge in [-0.3, -0.25) is 4.98 Å². The molecule has 20 heavy (non-hydrogen) atoms. The molecule has 1 heterocycles. The van der Waals surface area contributed by atoms with Gasteiger partial charge in [0.15, 0.2) is 0 Å². The molecule has 1 aromatic carbocycles. The van der Waals surface area contributed by atoms with Crippen molar-refractivity contribution in [2.45, 2.75) is 38.8 Å². The van der Waals surface area contributed by atoms with Crippen molar-refractivity contribution in [1.82, 2.24) is 10.3 Å². The third-order valence-electron chi connectivity index (χ3n) is 3.95. The summed E-state index contributed by atoms with van der Waals surface area (Å²) in [4.78, 5) is 7.20. The summed E-state index contributed by atoms with van der Waals surface area (Å²) in [7, 11) is 2.21. The zero-order valence-electron chi connectivity index (χ0n) is 12.4. The quantitative estimate of drug-likeness (QED) is 0.815. The summed E-state index contributed by atoms with van der Waals surface area (Å²) >= 11 is 0. The van der Waals surface area contributed by atoms with E-state index < -0.39 is 0 Å². The largest absolute Gasteiger partial charge is 0.371 e. The molecule has 0 amide bonds. The highest BCUT2D eigenvalue weighted by Crippen LogP contribution is 2.34. The van der Waals surface area contributed by atoms with Gasteiger partial charge in [-0.2, -0.15) is 0 Å². The van der Waals surface area contributed by atoms with Crippen LogP contribution in [0, 0.1) is 0 Å². The molecule has 0 saturated heterocycles. The van der Waals surface area contributed by atoms with Gasteiger partial charge in [0.2, 0.25) is 0 Å². The van der Waals surface area contributed by atoms with Crippen LogP contribution in [-0.2, 0) is 6.54 Å². The molecule has 0 bridgehead atoms. The topological polar surface area (TPSA) is 28.2 Å². The number of aromatic nitrogens is 1. The van der Waals surface area contributed by atoms with E-state index >= 15 is 0 Å². The van der Waals surface area contributed by atoms with Crippen LogP contribution in [0.3, 0.4) is 0 Å². The molecule has 0 unspecified atom stereocenters. The summed E-state index contributed by atoms with van der Waals surface area (Å²) in [5.74, 6) is 0. The average molecular weight is 269 g/mol. The second-order valence-corrected chi connectivity index (χ2v) is 5.67. The standard InChI is InChI=1S/C17H23N3/c1-3-10-18-12-13-11-17(20(2)14-8-9-14)15-6-4-5-7-16(15)19-13/h4-7,11,14,18H,3,8-10,12H2,1-2H3. The molecule has 0 radical (unpaired) electrons. The Morgan fingerprint density at radius 3 is 2.85 bits per heavy atom. The van der Waals surface area contributed by atoms with Gasteiger partial charge in [0, 0.05) is 30.7 Å². The van der Waals surface area contributed by atoms with E-state index in [0.717, 1.165) is 36.8 Å². The third-order valence-corrected chi connectivity index (χ3v) is 3.95. The summed E-state index contributed by atoms with van der Waals surface area (Å²) in [5.41, 5.74) is 3.57. The lowest BCUT2D eigenvalue weighted by Crippen LogP contribution is -2.21. The lowest BCUT2D eigenvalue weighted by Gasteiger charge is -2.21. The lowest BCUT2D eigenvalue weighted by atomic mass is 10.1. The Kier molecular flexibility index (Phi) is 3.88. The van der Waals surface area contributed by atoms with E-state index in [0.29, 0.717) is 0 Å². The predicted molar refractivity (Wildman–Crippen MR) is 85.2 cm³/mol. The lowest BCUT2D eigenvalue weighted by molar-refractivity contribution is 0.666. The molecule has 1 aromatic heterocycles. The van der Waals surface area contributed by atoms with Crippen LogP contribution >= 0.6 is 0 Å². The average Bonchev–Trinajstić information content (AvgIpc) is 3.30. The molecule has 0 aliphatic heterocycles. The van der Waals surface area contributed by atoms with Crippen molar-refractivity contribution in [3.05, 3.63) is 36.0 Å². The molecule has 2 aromatic rings. The van der Waals surface area contributed by atoms with E-state index in [9.17, 15) is 0 Å². The van der Waals surface area contributed by atoms with Gasteiger partial charge in [-0.25, -0.2) is 0 Å². The first-order valence-corrected chi connectivity index (χ1v) is 7.62. The molecule has 0 atom stereocenters. The first kappa shape index (κ1) is 13.4. The summed E-state index contributed by atoms with van der Waals surface area (Å²) in [6.07, 6.45) is 3.79. The number of benzene rings is 1. The molecule has 3 heteroatoms. The minimum absolute atomic E-state index is 0.720. The van der Waals surface area contributed by atoms with Crippen molar-refractivity contribution >= 4 is 16.6 Å². The molecule has 106 valence electrons. The van der Waals surface area contributed by atoms with Crippen molar-refractivity contribution in [2.24, 2.45) is 0 Å². The summed E-state index contributed by atoms with van der Waals surface area (Å²) < 4.78 is 0. The highest BCUT2D eigenvalue weighted by Gasteiger charge is 2.27. The number of hydrogen-bond donors (Lipinski definition) is 1. The molecular weight excluding hydrogens is 246 g/mol. The normalized spacial score (nSPS) is 14.7. The Balaban J connectivity index is 1.96. The Labute approximate surface area is 121 Å². The van der Waals surface area contributed by atoms with Crippen LogP contribution in [0.15, 0.2) is 30.3 Å². The first-order chi connectivity index (χ1) is 9.79. The molecule has 1 aliphatic carbocycles. The van der Waals surface area contributed by atoms with Gasteiger partial charge in [-0.15, -0.1) is 0 Å². The predicted octanol–water partition coefficient (Wildman–Crippen LogP) is 3.33. The van der Waals surface area contributed by atoms with Crippen LogP contribution in [-0.4, -0.2) is 24.6 Å². The van der Waals surface area contributed by atoms with Crippen LogP contribution < -0.4 is 10.2 Å². The van der Waals surface area contributed by atoms with Crippen molar-refractivity contribution in [1.29, 1.82) is 0 Å². The highest BCUT2D eigenvalue weighted by molar-refractivity contribution is 5.92. The Bertz CT molecular complexity index is 590. The number of pyridine rings is 1. The number of nitrogens with one attached hydrogen (secondary N) is 1. The zero-order chi connectivity index (χ0) is 13.9. The number of para-hydroxylation sites is 1. The fourth-order valence-electron chi connectivity index (χ4n) is 2.64.